The van der Waals surface area contributed by atoms with Gasteiger partial charge in [-0.3, -0.25) is 0 Å². The molecule has 2 aliphatic heterocycles. The minimum atomic E-state index is -5.08. The van der Waals surface area contributed by atoms with Crippen molar-refractivity contribution in [3.05, 3.63) is 5.89 Å². The van der Waals surface area contributed by atoms with Crippen molar-refractivity contribution in [3.8, 4) is 0 Å². The molecule has 1 spiro atoms. The number of halogens is 6. The van der Waals surface area contributed by atoms with Gasteiger partial charge in [0, 0.05) is 38.5 Å². The molecule has 1 unspecified atom stereocenters. The lowest BCUT2D eigenvalue weighted by atomic mass is 9.80. The fourth-order valence-electron chi connectivity index (χ4n) is 3.95. The first kappa shape index (κ1) is 29.6. The highest BCUT2D eigenvalue weighted by Gasteiger charge is 2.41. The van der Waals surface area contributed by atoms with Crippen molar-refractivity contribution in [2.45, 2.75) is 45.0 Å². The molecule has 0 bridgehead atoms. The Balaban J connectivity index is 0.000000271. The highest BCUT2D eigenvalue weighted by Crippen LogP contribution is 2.37. The number of carboxylic acid groups (broad SMARTS) is 2. The van der Waals surface area contributed by atoms with Crippen LogP contribution in [0.2, 0.25) is 0 Å². The third-order valence-electron chi connectivity index (χ3n) is 5.66. The van der Waals surface area contributed by atoms with Crippen molar-refractivity contribution >= 4 is 18.0 Å². The van der Waals surface area contributed by atoms with Crippen LogP contribution in [-0.4, -0.2) is 95.5 Å². The second-order valence-corrected chi connectivity index (χ2v) is 8.97. The number of likely N-dealkylation sites (tertiary alicyclic amines) is 1. The first-order valence-electron chi connectivity index (χ1n) is 11.1. The van der Waals surface area contributed by atoms with Crippen LogP contribution < -0.4 is 4.90 Å². The molecule has 4 rings (SSSR count). The molecule has 3 fully saturated rings. The number of rotatable bonds is 3. The largest absolute Gasteiger partial charge is 0.490 e. The summed E-state index contributed by atoms with van der Waals surface area (Å²) in [6.45, 7) is 8.93. The zero-order valence-electron chi connectivity index (χ0n) is 19.4. The molecular formula is C20H28F6N4O6. The van der Waals surface area contributed by atoms with Crippen molar-refractivity contribution in [3.63, 3.8) is 0 Å². The Morgan fingerprint density at radius 3 is 2.08 bits per heavy atom. The Morgan fingerprint density at radius 1 is 1.03 bits per heavy atom. The van der Waals surface area contributed by atoms with Crippen LogP contribution in [0.3, 0.4) is 0 Å². The molecule has 3 heterocycles. The van der Waals surface area contributed by atoms with E-state index in [0.29, 0.717) is 11.9 Å². The van der Waals surface area contributed by atoms with E-state index in [2.05, 4.69) is 20.0 Å². The third-order valence-corrected chi connectivity index (χ3v) is 5.66. The number of aliphatic carboxylic acids is 2. The van der Waals surface area contributed by atoms with Gasteiger partial charge in [-0.2, -0.15) is 26.3 Å². The van der Waals surface area contributed by atoms with Gasteiger partial charge < -0.3 is 29.2 Å². The van der Waals surface area contributed by atoms with E-state index in [1.165, 1.54) is 38.8 Å². The number of piperidine rings is 1. The molecule has 1 aromatic rings. The zero-order chi connectivity index (χ0) is 27.1. The number of carbonyl (C=O) groups is 2. The number of alkyl halides is 6. The Bertz CT molecular complexity index is 852. The normalized spacial score (nSPS) is 23.1. The summed E-state index contributed by atoms with van der Waals surface area (Å²) in [4.78, 5) is 22.7. The lowest BCUT2D eigenvalue weighted by molar-refractivity contribution is -0.193. The van der Waals surface area contributed by atoms with Crippen LogP contribution in [0.4, 0.5) is 32.4 Å². The van der Waals surface area contributed by atoms with Crippen LogP contribution in [0, 0.1) is 18.3 Å². The van der Waals surface area contributed by atoms with E-state index in [1.54, 1.807) is 0 Å². The van der Waals surface area contributed by atoms with Crippen LogP contribution in [-0.2, 0) is 14.3 Å². The zero-order valence-corrected chi connectivity index (χ0v) is 19.4. The lowest BCUT2D eigenvalue weighted by Crippen LogP contribution is -2.51. The number of carboxylic acids is 2. The number of aryl methyl sites for hydroxylation is 1. The molecule has 10 nitrogen and oxygen atoms in total. The summed E-state index contributed by atoms with van der Waals surface area (Å²) in [6, 6.07) is 0.654. The second kappa shape index (κ2) is 12.1. The summed E-state index contributed by atoms with van der Waals surface area (Å²) in [5, 5.41) is 22.4. The van der Waals surface area contributed by atoms with E-state index < -0.39 is 24.3 Å². The van der Waals surface area contributed by atoms with Gasteiger partial charge in [0.1, 0.15) is 0 Å². The van der Waals surface area contributed by atoms with Gasteiger partial charge in [0.05, 0.1) is 13.2 Å². The van der Waals surface area contributed by atoms with Crippen LogP contribution in [0.15, 0.2) is 4.42 Å². The molecule has 1 aromatic heterocycles. The van der Waals surface area contributed by atoms with E-state index in [-0.39, 0.29) is 5.41 Å². The van der Waals surface area contributed by atoms with Crippen molar-refractivity contribution < 1.29 is 55.3 Å². The predicted octanol–water partition coefficient (Wildman–Crippen LogP) is 2.97. The Hall–Kier alpha value is -2.62. The predicted molar refractivity (Wildman–Crippen MR) is 110 cm³/mol. The van der Waals surface area contributed by atoms with Gasteiger partial charge in [0.15, 0.2) is 0 Å². The van der Waals surface area contributed by atoms with Gasteiger partial charge >= 0.3 is 30.3 Å². The molecule has 206 valence electrons. The molecule has 2 saturated heterocycles. The van der Waals surface area contributed by atoms with Gasteiger partial charge in [0.2, 0.25) is 5.89 Å². The van der Waals surface area contributed by atoms with Gasteiger partial charge in [-0.25, -0.2) is 9.59 Å². The average molecular weight is 534 g/mol. The van der Waals surface area contributed by atoms with Gasteiger partial charge in [-0.15, -0.1) is 5.10 Å². The minimum Gasteiger partial charge on any atom is -0.475 e. The Kier molecular flexibility index (Phi) is 9.93. The Morgan fingerprint density at radius 2 is 1.61 bits per heavy atom. The standard InChI is InChI=1S/C16H26N4O2.2C2HF3O2/c1-13-17-18-15(22-13)20-7-8-21-12-16(11-20)5-2-6-19(10-16)9-14-3-4-14;2*3-2(4,5)1(6)7/h14H,2-12H2,1H3;2*(H,6,7). The van der Waals surface area contributed by atoms with Crippen LogP contribution in [0.1, 0.15) is 31.6 Å². The highest BCUT2D eigenvalue weighted by atomic mass is 19.4. The monoisotopic (exact) mass is 534 g/mol. The summed E-state index contributed by atoms with van der Waals surface area (Å²) in [5.74, 6) is -3.93. The van der Waals surface area contributed by atoms with E-state index in [0.717, 1.165) is 38.8 Å². The maximum Gasteiger partial charge on any atom is 0.490 e. The number of hydrogen-bond donors (Lipinski definition) is 2. The molecule has 1 atom stereocenters. The van der Waals surface area contributed by atoms with E-state index in [4.69, 9.17) is 29.0 Å². The molecular weight excluding hydrogens is 506 g/mol. The molecule has 16 heteroatoms. The van der Waals surface area contributed by atoms with Gasteiger partial charge in [-0.1, -0.05) is 5.10 Å². The summed E-state index contributed by atoms with van der Waals surface area (Å²) in [5.41, 5.74) is 0.214. The molecule has 0 amide bonds. The average Bonchev–Trinajstić information content (AvgIpc) is 3.50. The van der Waals surface area contributed by atoms with E-state index in [9.17, 15) is 26.3 Å². The number of hydrogen-bond acceptors (Lipinski definition) is 8. The smallest absolute Gasteiger partial charge is 0.475 e. The van der Waals surface area contributed by atoms with E-state index in [1.807, 2.05) is 6.92 Å². The topological polar surface area (TPSA) is 129 Å². The molecule has 2 N–H and O–H groups in total. The molecule has 0 aromatic carbocycles. The SMILES string of the molecule is Cc1nnc(N2CCOCC3(CCCN(CC4CC4)C3)C2)o1.O=C(O)C(F)(F)F.O=C(O)C(F)(F)F. The quantitative estimate of drug-likeness (QED) is 0.559. The molecule has 0 radical (unpaired) electrons. The van der Waals surface area contributed by atoms with Gasteiger partial charge in [-0.05, 0) is 38.1 Å². The van der Waals surface area contributed by atoms with Crippen molar-refractivity contribution in [1.82, 2.24) is 15.1 Å². The van der Waals surface area contributed by atoms with Crippen molar-refractivity contribution in [2.24, 2.45) is 11.3 Å². The first-order valence-corrected chi connectivity index (χ1v) is 11.1. The fourth-order valence-corrected chi connectivity index (χ4v) is 3.95. The lowest BCUT2D eigenvalue weighted by Gasteiger charge is -2.43. The second-order valence-electron chi connectivity index (χ2n) is 8.97. The summed E-state index contributed by atoms with van der Waals surface area (Å²) < 4.78 is 75.1. The van der Waals surface area contributed by atoms with Gasteiger partial charge in [0.25, 0.3) is 0 Å². The molecule has 36 heavy (non-hydrogen) atoms. The number of aromatic nitrogens is 2. The van der Waals surface area contributed by atoms with Crippen LogP contribution in [0.5, 0.6) is 0 Å². The van der Waals surface area contributed by atoms with E-state index >= 15 is 0 Å². The highest BCUT2D eigenvalue weighted by molar-refractivity contribution is 5.73. The summed E-state index contributed by atoms with van der Waals surface area (Å²) in [6.07, 6.45) is -4.81. The molecule has 3 aliphatic rings. The van der Waals surface area contributed by atoms with Crippen LogP contribution in [0.25, 0.3) is 0 Å². The maximum atomic E-state index is 10.6. The first-order chi connectivity index (χ1) is 16.6. The maximum absolute atomic E-state index is 10.6. The fraction of sp³-hybridized carbons (Fsp3) is 0.800. The number of ether oxygens (including phenoxy) is 1. The Labute approximate surface area is 202 Å². The summed E-state index contributed by atoms with van der Waals surface area (Å²) >= 11 is 0. The van der Waals surface area contributed by atoms with Crippen molar-refractivity contribution in [1.29, 1.82) is 0 Å². The number of anilines is 1. The van der Waals surface area contributed by atoms with Crippen LogP contribution >= 0.6 is 0 Å². The molecule has 1 saturated carbocycles. The number of nitrogens with zero attached hydrogens (tertiary/aromatic N) is 4. The summed E-state index contributed by atoms with van der Waals surface area (Å²) in [7, 11) is 0. The third kappa shape index (κ3) is 9.79. The van der Waals surface area contributed by atoms with Crippen molar-refractivity contribution in [2.75, 3.05) is 50.8 Å². The minimum absolute atomic E-state index is 0.214. The molecule has 1 aliphatic carbocycles.